The molecule has 0 radical (unpaired) electrons. The smallest absolute Gasteiger partial charge is 0.329 e. The van der Waals surface area contributed by atoms with Crippen LogP contribution in [0.1, 0.15) is 59.9 Å². The molecule has 0 saturated carbocycles. The molecule has 2 bridgehead atoms. The number of carbonyl (C=O) groups excluding carboxylic acids is 3. The summed E-state index contributed by atoms with van der Waals surface area (Å²) in [5.74, 6) is 0.167. The van der Waals surface area contributed by atoms with E-state index in [2.05, 4.69) is 40.8 Å². The Hall–Kier alpha value is -5.10. The van der Waals surface area contributed by atoms with Crippen molar-refractivity contribution in [1.29, 1.82) is 0 Å². The van der Waals surface area contributed by atoms with Gasteiger partial charge >= 0.3 is 6.03 Å². The van der Waals surface area contributed by atoms with Crippen LogP contribution in [-0.4, -0.2) is 102 Å². The Labute approximate surface area is 272 Å². The number of alkyl halides is 2. The number of aromatic nitrogens is 7. The maximum atomic E-state index is 14.1. The molecule has 16 nitrogen and oxygen atoms in total. The van der Waals surface area contributed by atoms with Gasteiger partial charge in [-0.3, -0.25) is 29.4 Å². The van der Waals surface area contributed by atoms with E-state index in [1.54, 1.807) is 18.3 Å². The highest BCUT2D eigenvalue weighted by molar-refractivity contribution is 6.08. The molecule has 4 aromatic rings. The summed E-state index contributed by atoms with van der Waals surface area (Å²) in [5.41, 5.74) is 0.671. The number of imide groups is 1. The van der Waals surface area contributed by atoms with E-state index >= 15 is 0 Å². The monoisotopic (exact) mass is 662 g/mol. The summed E-state index contributed by atoms with van der Waals surface area (Å²) >= 11 is 0. The first-order valence-corrected chi connectivity index (χ1v) is 15.9. The van der Waals surface area contributed by atoms with Gasteiger partial charge in [0, 0.05) is 51.5 Å². The quantitative estimate of drug-likeness (QED) is 0.284. The van der Waals surface area contributed by atoms with Gasteiger partial charge in [0.25, 0.3) is 12.3 Å². The molecule has 4 aliphatic heterocycles. The van der Waals surface area contributed by atoms with Crippen molar-refractivity contribution in [3.8, 4) is 0 Å². The maximum Gasteiger partial charge on any atom is 0.329 e. The summed E-state index contributed by atoms with van der Waals surface area (Å²) in [6, 6.07) is 4.91. The first-order valence-electron chi connectivity index (χ1n) is 15.9. The number of anilines is 3. The lowest BCUT2D eigenvalue weighted by molar-refractivity contribution is -0.120. The van der Waals surface area contributed by atoms with Gasteiger partial charge < -0.3 is 15.0 Å². The minimum absolute atomic E-state index is 0.0518. The zero-order chi connectivity index (χ0) is 32.9. The number of likely N-dealkylation sites (tertiary alicyclic amines) is 1. The number of urea groups is 1. The van der Waals surface area contributed by atoms with Gasteiger partial charge in [0.2, 0.25) is 5.91 Å². The molecule has 4 amide bonds. The van der Waals surface area contributed by atoms with Crippen molar-refractivity contribution in [2.24, 2.45) is 0 Å². The largest absolute Gasteiger partial charge is 0.374 e. The van der Waals surface area contributed by atoms with Crippen LogP contribution in [0.3, 0.4) is 0 Å². The van der Waals surface area contributed by atoms with Crippen LogP contribution in [0.2, 0.25) is 0 Å². The number of nitrogens with zero attached hydrogens (tertiary/aromatic N) is 10. The van der Waals surface area contributed by atoms with Crippen LogP contribution in [0.15, 0.2) is 36.8 Å². The molecule has 4 fully saturated rings. The second-order valence-electron chi connectivity index (χ2n) is 12.4. The Bertz CT molecular complexity index is 1870. The van der Waals surface area contributed by atoms with Crippen molar-refractivity contribution < 1.29 is 27.9 Å². The predicted octanol–water partition coefficient (Wildman–Crippen LogP) is 2.17. The van der Waals surface area contributed by atoms with E-state index in [0.717, 1.165) is 18.8 Å². The van der Waals surface area contributed by atoms with Gasteiger partial charge in [-0.05, 0) is 37.5 Å². The van der Waals surface area contributed by atoms with Crippen LogP contribution in [-0.2, 0) is 16.1 Å². The topological polar surface area (TPSA) is 168 Å². The predicted molar refractivity (Wildman–Crippen MR) is 165 cm³/mol. The number of carbonyl (C=O) groups is 3. The number of hydrogen-bond acceptors (Lipinski definition) is 11. The Kier molecular flexibility index (Phi) is 7.67. The van der Waals surface area contributed by atoms with Crippen LogP contribution in [0.5, 0.6) is 0 Å². The Morgan fingerprint density at radius 2 is 1.94 bits per heavy atom. The first kappa shape index (κ1) is 30.2. The molecule has 0 unspecified atom stereocenters. The van der Waals surface area contributed by atoms with Crippen LogP contribution < -0.4 is 20.4 Å². The zero-order valence-electron chi connectivity index (χ0n) is 25.7. The normalized spacial score (nSPS) is 21.9. The molecule has 48 heavy (non-hydrogen) atoms. The van der Waals surface area contributed by atoms with E-state index < -0.39 is 24.1 Å². The lowest BCUT2D eigenvalue weighted by Gasteiger charge is -2.31. The molecule has 0 aliphatic carbocycles. The molecular weight excluding hydrogens is 630 g/mol. The minimum Gasteiger partial charge on any atom is -0.374 e. The fourth-order valence-electron chi connectivity index (χ4n) is 6.83. The number of nitrogens with one attached hydrogen (secondary N) is 2. The summed E-state index contributed by atoms with van der Waals surface area (Å²) in [6.45, 7) is 3.46. The van der Waals surface area contributed by atoms with Crippen LogP contribution >= 0.6 is 0 Å². The number of rotatable bonds is 8. The number of halogens is 2. The summed E-state index contributed by atoms with van der Waals surface area (Å²) in [5, 5.41) is 21.8. The van der Waals surface area contributed by atoms with E-state index in [1.165, 1.54) is 26.5 Å². The summed E-state index contributed by atoms with van der Waals surface area (Å²) in [6.07, 6.45) is 4.31. The van der Waals surface area contributed by atoms with Gasteiger partial charge in [0.1, 0.15) is 11.4 Å². The summed E-state index contributed by atoms with van der Waals surface area (Å²) in [7, 11) is 0. The van der Waals surface area contributed by atoms with E-state index in [-0.39, 0.29) is 48.3 Å². The lowest BCUT2D eigenvalue weighted by atomic mass is 10.1. The minimum atomic E-state index is -2.89. The van der Waals surface area contributed by atoms with E-state index in [0.29, 0.717) is 56.2 Å². The van der Waals surface area contributed by atoms with Crippen molar-refractivity contribution in [2.75, 3.05) is 47.9 Å². The molecule has 4 aliphatic rings. The first-order chi connectivity index (χ1) is 23.3. The number of hydrogen-bond donors (Lipinski definition) is 2. The van der Waals surface area contributed by atoms with Crippen LogP contribution in [0, 0.1) is 0 Å². The fraction of sp³-hybridized carbons (Fsp3) is 0.467. The SMILES string of the molecule is O=C1CCN(c2ccc(CN3CCC(n4cc(NC(=O)c5cnn6ccc(N7C[C@H]8C[C@@H]7CO8)nc56)c(C(F)F)n4)CC3)nn2)C(=O)N1. The van der Waals surface area contributed by atoms with Crippen LogP contribution in [0.25, 0.3) is 5.65 Å². The van der Waals surface area contributed by atoms with Crippen LogP contribution in [0.4, 0.5) is 30.9 Å². The third-order valence-corrected chi connectivity index (χ3v) is 9.36. The van der Waals surface area contributed by atoms with Crippen molar-refractivity contribution >= 4 is 40.8 Å². The fourth-order valence-corrected chi connectivity index (χ4v) is 6.83. The molecule has 0 aromatic carbocycles. The maximum absolute atomic E-state index is 14.1. The lowest BCUT2D eigenvalue weighted by Crippen LogP contribution is -2.50. The molecule has 8 heterocycles. The Morgan fingerprint density at radius 3 is 2.65 bits per heavy atom. The average Bonchev–Trinajstić information content (AvgIpc) is 3.89. The van der Waals surface area contributed by atoms with Gasteiger partial charge in [-0.1, -0.05) is 0 Å². The molecule has 4 saturated heterocycles. The number of morpholine rings is 1. The molecule has 4 aromatic heterocycles. The van der Waals surface area contributed by atoms with Gasteiger partial charge in [0.05, 0.1) is 42.4 Å². The standard InChI is InChI=1S/C30H32F2N12O4/c31-27(32)26-22(34-29(46)21-12-33-43-10-5-23(35-28(21)43)42-14-20-11-19(42)16-48-20)15-44(39-26)18-3-7-40(8-4-18)13-17-1-2-24(38-37-17)41-9-6-25(45)36-30(41)47/h1-2,5,10,12,15,18-20,27H,3-4,6-9,11,13-14,16H2,(H,34,46)(H,36,45,47)/t19-,20-/m1/s1. The van der Waals surface area contributed by atoms with Crippen molar-refractivity contribution in [1.82, 2.24) is 44.8 Å². The molecule has 2 atom stereocenters. The second-order valence-corrected chi connectivity index (χ2v) is 12.4. The number of ether oxygens (including phenoxy) is 1. The summed E-state index contributed by atoms with van der Waals surface area (Å²) in [4.78, 5) is 47.3. The molecular formula is C30H32F2N12O4. The van der Waals surface area contributed by atoms with Crippen molar-refractivity contribution in [3.05, 3.63) is 53.7 Å². The molecule has 2 N–H and O–H groups in total. The van der Waals surface area contributed by atoms with Crippen molar-refractivity contribution in [2.45, 2.75) is 56.8 Å². The third-order valence-electron chi connectivity index (χ3n) is 9.36. The second kappa shape index (κ2) is 12.2. The molecule has 250 valence electrons. The summed E-state index contributed by atoms with van der Waals surface area (Å²) < 4.78 is 36.9. The highest BCUT2D eigenvalue weighted by atomic mass is 19.3. The highest BCUT2D eigenvalue weighted by Gasteiger charge is 2.40. The van der Waals surface area contributed by atoms with Gasteiger partial charge in [-0.15, -0.1) is 5.10 Å². The zero-order valence-corrected chi connectivity index (χ0v) is 25.7. The Balaban J connectivity index is 0.910. The van der Waals surface area contributed by atoms with Crippen molar-refractivity contribution in [3.63, 3.8) is 0 Å². The average molecular weight is 663 g/mol. The molecule has 0 spiro atoms. The molecule has 18 heteroatoms. The number of amides is 4. The number of fused-ring (bicyclic) bond motifs is 3. The van der Waals surface area contributed by atoms with E-state index in [1.807, 2.05) is 6.07 Å². The van der Waals surface area contributed by atoms with Gasteiger partial charge in [-0.2, -0.15) is 15.3 Å². The number of piperidine rings is 1. The van der Waals surface area contributed by atoms with E-state index in [4.69, 9.17) is 9.72 Å². The molecule has 8 rings (SSSR count). The van der Waals surface area contributed by atoms with Gasteiger partial charge in [-0.25, -0.2) is 23.1 Å². The highest BCUT2D eigenvalue weighted by Crippen LogP contribution is 2.33. The van der Waals surface area contributed by atoms with E-state index in [9.17, 15) is 23.2 Å². The third kappa shape index (κ3) is 5.70. The van der Waals surface area contributed by atoms with Gasteiger partial charge in [0.15, 0.2) is 17.2 Å². The Morgan fingerprint density at radius 1 is 1.08 bits per heavy atom.